The lowest BCUT2D eigenvalue weighted by Crippen LogP contribution is -2.35. The van der Waals surface area contributed by atoms with Crippen LogP contribution >= 0.6 is 0 Å². The van der Waals surface area contributed by atoms with Crippen molar-refractivity contribution in [3.8, 4) is 0 Å². The molecule has 7 heteroatoms. The minimum Gasteiger partial charge on any atom is -0.379 e. The maximum absolute atomic E-state index is 12.8. The Morgan fingerprint density at radius 3 is 2.43 bits per heavy atom. The highest BCUT2D eigenvalue weighted by Crippen LogP contribution is 2.29. The minimum atomic E-state index is -4.41. The number of ether oxygens (including phenoxy) is 1. The van der Waals surface area contributed by atoms with Crippen LogP contribution in [-0.2, 0) is 35.2 Å². The second-order valence-electron chi connectivity index (χ2n) is 6.86. The zero-order chi connectivity index (χ0) is 20.0. The summed E-state index contributed by atoms with van der Waals surface area (Å²) in [6.07, 6.45) is -4.50. The number of hydrogen-bond donors (Lipinski definition) is 1. The van der Waals surface area contributed by atoms with Gasteiger partial charge in [-0.1, -0.05) is 42.5 Å². The van der Waals surface area contributed by atoms with Crippen LogP contribution in [0.25, 0.3) is 0 Å². The zero-order valence-corrected chi connectivity index (χ0v) is 15.5. The minimum absolute atomic E-state index is 0.0859. The molecule has 0 aliphatic carbocycles. The van der Waals surface area contributed by atoms with Crippen molar-refractivity contribution >= 4 is 5.91 Å². The second kappa shape index (κ2) is 9.21. The number of alkyl halides is 3. The molecule has 1 aliphatic rings. The molecule has 0 radical (unpaired) electrons. The van der Waals surface area contributed by atoms with E-state index < -0.39 is 11.7 Å². The van der Waals surface area contributed by atoms with Gasteiger partial charge in [-0.15, -0.1) is 0 Å². The van der Waals surface area contributed by atoms with E-state index in [1.54, 1.807) is 0 Å². The molecule has 1 fully saturated rings. The van der Waals surface area contributed by atoms with Gasteiger partial charge < -0.3 is 10.1 Å². The van der Waals surface area contributed by atoms with Crippen LogP contribution in [0.3, 0.4) is 0 Å². The lowest BCUT2D eigenvalue weighted by Gasteiger charge is -2.26. The molecule has 150 valence electrons. The van der Waals surface area contributed by atoms with Crippen LogP contribution in [0.15, 0.2) is 48.5 Å². The van der Waals surface area contributed by atoms with E-state index in [2.05, 4.69) is 10.2 Å². The molecule has 3 rings (SSSR count). The fraction of sp³-hybridized carbons (Fsp3) is 0.381. The number of nitrogens with zero attached hydrogens (tertiary/aromatic N) is 1. The molecule has 2 aromatic carbocycles. The van der Waals surface area contributed by atoms with Crippen molar-refractivity contribution in [3.05, 3.63) is 70.8 Å². The number of hydrogen-bond acceptors (Lipinski definition) is 3. The highest BCUT2D eigenvalue weighted by Gasteiger charge is 2.30. The standard InChI is InChI=1S/C21H23F3N2O2/c22-21(23,24)19-6-2-3-16(12-19)13-20(27)25-14-17-4-1-5-18(11-17)15-26-7-9-28-10-8-26/h1-6,11-12H,7-10,13-15H2,(H,25,27). The van der Waals surface area contributed by atoms with Gasteiger partial charge in [0, 0.05) is 26.2 Å². The van der Waals surface area contributed by atoms with Gasteiger partial charge >= 0.3 is 6.18 Å². The summed E-state index contributed by atoms with van der Waals surface area (Å²) in [5.74, 6) is -0.307. The molecule has 0 aromatic heterocycles. The molecule has 1 heterocycles. The van der Waals surface area contributed by atoms with E-state index in [-0.39, 0.29) is 12.3 Å². The highest BCUT2D eigenvalue weighted by molar-refractivity contribution is 5.78. The predicted octanol–water partition coefficient (Wildman–Crippen LogP) is 3.40. The predicted molar refractivity (Wildman–Crippen MR) is 99.5 cm³/mol. The van der Waals surface area contributed by atoms with Gasteiger partial charge in [-0.25, -0.2) is 0 Å². The van der Waals surface area contributed by atoms with E-state index in [1.165, 1.54) is 12.1 Å². The maximum atomic E-state index is 12.8. The quantitative estimate of drug-likeness (QED) is 0.819. The molecule has 1 N–H and O–H groups in total. The molecule has 0 bridgehead atoms. The normalized spacial score (nSPS) is 15.4. The Balaban J connectivity index is 1.52. The summed E-state index contributed by atoms with van der Waals surface area (Å²) in [6.45, 7) is 4.45. The molecule has 2 aromatic rings. The monoisotopic (exact) mass is 392 g/mol. The number of carbonyl (C=O) groups is 1. The fourth-order valence-electron chi connectivity index (χ4n) is 3.16. The number of halogens is 3. The van der Waals surface area contributed by atoms with Crippen LogP contribution < -0.4 is 5.32 Å². The van der Waals surface area contributed by atoms with Gasteiger partial charge in [0.15, 0.2) is 0 Å². The van der Waals surface area contributed by atoms with Gasteiger partial charge in [0.1, 0.15) is 0 Å². The topological polar surface area (TPSA) is 41.6 Å². The Hall–Kier alpha value is -2.38. The van der Waals surface area contributed by atoms with Crippen LogP contribution in [0.5, 0.6) is 0 Å². The number of rotatable bonds is 6. The Labute approximate surface area is 162 Å². The molecular weight excluding hydrogens is 369 g/mol. The summed E-state index contributed by atoms with van der Waals surface area (Å²) in [5.41, 5.74) is 1.72. The van der Waals surface area contributed by atoms with E-state index in [9.17, 15) is 18.0 Å². The summed E-state index contributed by atoms with van der Waals surface area (Å²) in [4.78, 5) is 14.4. The third kappa shape index (κ3) is 6.07. The van der Waals surface area contributed by atoms with E-state index in [1.807, 2.05) is 24.3 Å². The Kier molecular flexibility index (Phi) is 6.70. The number of carbonyl (C=O) groups excluding carboxylic acids is 1. The largest absolute Gasteiger partial charge is 0.416 e. The van der Waals surface area contributed by atoms with Crippen LogP contribution in [0.1, 0.15) is 22.3 Å². The van der Waals surface area contributed by atoms with E-state index in [4.69, 9.17) is 4.74 Å². The number of nitrogens with one attached hydrogen (secondary N) is 1. The molecule has 0 spiro atoms. The first kappa shape index (κ1) is 20.4. The lowest BCUT2D eigenvalue weighted by molar-refractivity contribution is -0.137. The third-order valence-corrected chi connectivity index (χ3v) is 4.61. The van der Waals surface area contributed by atoms with Crippen molar-refractivity contribution in [1.29, 1.82) is 0 Å². The average molecular weight is 392 g/mol. The van der Waals surface area contributed by atoms with Gasteiger partial charge in [0.2, 0.25) is 5.91 Å². The van der Waals surface area contributed by atoms with Crippen LogP contribution in [0, 0.1) is 0 Å². The SMILES string of the molecule is O=C(Cc1cccc(C(F)(F)F)c1)NCc1cccc(CN2CCOCC2)c1. The van der Waals surface area contributed by atoms with Gasteiger partial charge in [0.05, 0.1) is 25.2 Å². The van der Waals surface area contributed by atoms with Crippen LogP contribution in [-0.4, -0.2) is 37.1 Å². The Morgan fingerprint density at radius 2 is 1.68 bits per heavy atom. The summed E-state index contributed by atoms with van der Waals surface area (Å²) in [5, 5.41) is 2.78. The number of morpholine rings is 1. The van der Waals surface area contributed by atoms with Crippen LogP contribution in [0.2, 0.25) is 0 Å². The average Bonchev–Trinajstić information content (AvgIpc) is 2.67. The summed E-state index contributed by atoms with van der Waals surface area (Å²) < 4.78 is 43.7. The lowest BCUT2D eigenvalue weighted by atomic mass is 10.1. The van der Waals surface area contributed by atoms with Crippen molar-refractivity contribution in [2.45, 2.75) is 25.7 Å². The molecule has 28 heavy (non-hydrogen) atoms. The van der Waals surface area contributed by atoms with Crippen molar-refractivity contribution in [1.82, 2.24) is 10.2 Å². The van der Waals surface area contributed by atoms with Crippen molar-refractivity contribution < 1.29 is 22.7 Å². The van der Waals surface area contributed by atoms with E-state index >= 15 is 0 Å². The summed E-state index contributed by atoms with van der Waals surface area (Å²) in [6, 6.07) is 12.8. The van der Waals surface area contributed by atoms with Gasteiger partial charge in [-0.05, 0) is 22.8 Å². The molecule has 1 aliphatic heterocycles. The van der Waals surface area contributed by atoms with Crippen molar-refractivity contribution in [3.63, 3.8) is 0 Å². The third-order valence-electron chi connectivity index (χ3n) is 4.61. The first-order valence-electron chi connectivity index (χ1n) is 9.21. The van der Waals surface area contributed by atoms with E-state index in [0.717, 1.165) is 56.1 Å². The number of amides is 1. The summed E-state index contributed by atoms with van der Waals surface area (Å²) >= 11 is 0. The molecule has 1 amide bonds. The Bertz CT molecular complexity index is 802. The zero-order valence-electron chi connectivity index (χ0n) is 15.5. The highest BCUT2D eigenvalue weighted by atomic mass is 19.4. The molecule has 4 nitrogen and oxygen atoms in total. The van der Waals surface area contributed by atoms with Crippen molar-refractivity contribution in [2.24, 2.45) is 0 Å². The first-order valence-corrected chi connectivity index (χ1v) is 9.21. The molecular formula is C21H23F3N2O2. The summed E-state index contributed by atoms with van der Waals surface area (Å²) in [7, 11) is 0. The van der Waals surface area contributed by atoms with Gasteiger partial charge in [-0.3, -0.25) is 9.69 Å². The van der Waals surface area contributed by atoms with E-state index in [0.29, 0.717) is 12.1 Å². The molecule has 0 atom stereocenters. The smallest absolute Gasteiger partial charge is 0.379 e. The maximum Gasteiger partial charge on any atom is 0.416 e. The Morgan fingerprint density at radius 1 is 1.00 bits per heavy atom. The van der Waals surface area contributed by atoms with Gasteiger partial charge in [0.25, 0.3) is 0 Å². The molecule has 0 unspecified atom stereocenters. The molecule has 0 saturated carbocycles. The van der Waals surface area contributed by atoms with Gasteiger partial charge in [-0.2, -0.15) is 13.2 Å². The number of benzene rings is 2. The first-order chi connectivity index (χ1) is 13.4. The van der Waals surface area contributed by atoms with Crippen LogP contribution in [0.4, 0.5) is 13.2 Å². The fourth-order valence-corrected chi connectivity index (χ4v) is 3.16. The van der Waals surface area contributed by atoms with Crippen molar-refractivity contribution in [2.75, 3.05) is 26.3 Å². The molecule has 1 saturated heterocycles. The second-order valence-corrected chi connectivity index (χ2v) is 6.86.